The summed E-state index contributed by atoms with van der Waals surface area (Å²) in [5.41, 5.74) is 1.94. The zero-order valence-electron chi connectivity index (χ0n) is 23.2. The van der Waals surface area contributed by atoms with Gasteiger partial charge in [0.2, 0.25) is 11.8 Å². The Hall–Kier alpha value is -3.51. The van der Waals surface area contributed by atoms with Gasteiger partial charge in [-0.25, -0.2) is 0 Å². The molecule has 0 bridgehead atoms. The highest BCUT2D eigenvalue weighted by Crippen LogP contribution is 2.22. The van der Waals surface area contributed by atoms with Crippen LogP contribution in [0, 0.1) is 0 Å². The van der Waals surface area contributed by atoms with Crippen LogP contribution < -0.4 is 14.8 Å². The van der Waals surface area contributed by atoms with Gasteiger partial charge < -0.3 is 19.7 Å². The molecule has 2 amide bonds. The summed E-state index contributed by atoms with van der Waals surface area (Å²) in [6, 6.07) is 24.3. The summed E-state index contributed by atoms with van der Waals surface area (Å²) in [6.07, 6.45) is 6.66. The average Bonchev–Trinajstić information content (AvgIpc) is 2.99. The second-order valence-corrected chi connectivity index (χ2v) is 10.8. The van der Waals surface area contributed by atoms with Crippen LogP contribution in [0.5, 0.6) is 11.5 Å². The third kappa shape index (κ3) is 9.02. The Morgan fingerprint density at radius 2 is 1.57 bits per heavy atom. The summed E-state index contributed by atoms with van der Waals surface area (Å²) in [6.45, 7) is 0.718. The van der Waals surface area contributed by atoms with Gasteiger partial charge in [0, 0.05) is 30.5 Å². The quantitative estimate of drug-likeness (QED) is 0.238. The highest BCUT2D eigenvalue weighted by atomic mass is 35.5. The number of nitrogens with one attached hydrogen (secondary N) is 1. The van der Waals surface area contributed by atoms with Crippen LogP contribution in [-0.4, -0.2) is 42.5 Å². The number of ether oxygens (including phenoxy) is 2. The summed E-state index contributed by atoms with van der Waals surface area (Å²) in [4.78, 5) is 29.3. The number of methoxy groups -OCH3 is 1. The van der Waals surface area contributed by atoms with E-state index in [2.05, 4.69) is 5.32 Å². The van der Waals surface area contributed by atoms with Crippen LogP contribution in [0.2, 0.25) is 5.02 Å². The SMILES string of the molecule is COc1ccc(OCCCC(=O)N(Cc2ccc(Cl)cc2)[C@H](Cc2ccccc2)C(=O)NC2CCCCC2)cc1. The van der Waals surface area contributed by atoms with Gasteiger partial charge >= 0.3 is 0 Å². The summed E-state index contributed by atoms with van der Waals surface area (Å²) in [5.74, 6) is 1.32. The van der Waals surface area contributed by atoms with E-state index in [4.69, 9.17) is 21.1 Å². The molecule has 0 unspecified atom stereocenters. The lowest BCUT2D eigenvalue weighted by atomic mass is 9.94. The Morgan fingerprint density at radius 1 is 0.900 bits per heavy atom. The number of halogens is 1. The lowest BCUT2D eigenvalue weighted by molar-refractivity contribution is -0.141. The lowest BCUT2D eigenvalue weighted by Crippen LogP contribution is -2.52. The molecule has 0 spiro atoms. The molecule has 0 aromatic heterocycles. The van der Waals surface area contributed by atoms with Gasteiger partial charge in [0.1, 0.15) is 17.5 Å². The van der Waals surface area contributed by atoms with Gasteiger partial charge in [0.15, 0.2) is 0 Å². The molecule has 0 saturated heterocycles. The molecule has 7 heteroatoms. The Kier molecular flexibility index (Phi) is 11.3. The fourth-order valence-electron chi connectivity index (χ4n) is 5.11. The number of carbonyl (C=O) groups excluding carboxylic acids is 2. The number of rotatable bonds is 13. The zero-order valence-corrected chi connectivity index (χ0v) is 23.9. The van der Waals surface area contributed by atoms with Crippen LogP contribution in [0.4, 0.5) is 0 Å². The highest BCUT2D eigenvalue weighted by Gasteiger charge is 2.31. The molecule has 1 saturated carbocycles. The molecule has 1 aliphatic rings. The van der Waals surface area contributed by atoms with E-state index in [9.17, 15) is 9.59 Å². The minimum Gasteiger partial charge on any atom is -0.497 e. The van der Waals surface area contributed by atoms with Gasteiger partial charge in [-0.15, -0.1) is 0 Å². The van der Waals surface area contributed by atoms with Crippen molar-refractivity contribution in [1.29, 1.82) is 0 Å². The van der Waals surface area contributed by atoms with Crippen LogP contribution in [0.3, 0.4) is 0 Å². The maximum Gasteiger partial charge on any atom is 0.243 e. The van der Waals surface area contributed by atoms with E-state index >= 15 is 0 Å². The lowest BCUT2D eigenvalue weighted by Gasteiger charge is -2.33. The van der Waals surface area contributed by atoms with Crippen LogP contribution in [0.25, 0.3) is 0 Å². The molecule has 6 nitrogen and oxygen atoms in total. The van der Waals surface area contributed by atoms with E-state index < -0.39 is 6.04 Å². The monoisotopic (exact) mass is 562 g/mol. The van der Waals surface area contributed by atoms with Gasteiger partial charge in [-0.1, -0.05) is 73.3 Å². The Balaban J connectivity index is 1.50. The van der Waals surface area contributed by atoms with Crippen molar-refractivity contribution in [3.05, 3.63) is 95.0 Å². The van der Waals surface area contributed by atoms with Crippen molar-refractivity contribution in [1.82, 2.24) is 10.2 Å². The predicted molar refractivity (Wildman–Crippen MR) is 159 cm³/mol. The van der Waals surface area contributed by atoms with Gasteiger partial charge in [-0.3, -0.25) is 9.59 Å². The summed E-state index contributed by atoms with van der Waals surface area (Å²) < 4.78 is 11.0. The molecule has 40 heavy (non-hydrogen) atoms. The minimum absolute atomic E-state index is 0.0759. The van der Waals surface area contributed by atoms with Crippen molar-refractivity contribution in [3.8, 4) is 11.5 Å². The summed E-state index contributed by atoms with van der Waals surface area (Å²) in [7, 11) is 1.62. The van der Waals surface area contributed by atoms with Crippen molar-refractivity contribution in [2.24, 2.45) is 0 Å². The van der Waals surface area contributed by atoms with Crippen molar-refractivity contribution in [2.45, 2.75) is 70.0 Å². The first-order valence-corrected chi connectivity index (χ1v) is 14.5. The topological polar surface area (TPSA) is 67.9 Å². The van der Waals surface area contributed by atoms with Crippen molar-refractivity contribution in [2.75, 3.05) is 13.7 Å². The Bertz CT molecular complexity index is 1200. The van der Waals surface area contributed by atoms with E-state index in [-0.39, 0.29) is 24.3 Å². The number of nitrogens with zero attached hydrogens (tertiary/aromatic N) is 1. The van der Waals surface area contributed by atoms with Crippen LogP contribution in [0.1, 0.15) is 56.1 Å². The zero-order chi connectivity index (χ0) is 28.2. The molecular formula is C33H39ClN2O4. The molecule has 0 radical (unpaired) electrons. The van der Waals surface area contributed by atoms with Gasteiger partial charge in [0.25, 0.3) is 0 Å². The molecule has 3 aromatic rings. The van der Waals surface area contributed by atoms with E-state index in [1.165, 1.54) is 6.42 Å². The second kappa shape index (κ2) is 15.3. The van der Waals surface area contributed by atoms with E-state index in [0.717, 1.165) is 48.3 Å². The molecule has 1 fully saturated rings. The van der Waals surface area contributed by atoms with Crippen molar-refractivity contribution in [3.63, 3.8) is 0 Å². The van der Waals surface area contributed by atoms with Crippen LogP contribution in [0.15, 0.2) is 78.9 Å². The molecule has 0 aliphatic heterocycles. The fourth-order valence-corrected chi connectivity index (χ4v) is 5.24. The molecule has 212 valence electrons. The Morgan fingerprint density at radius 3 is 2.25 bits per heavy atom. The van der Waals surface area contributed by atoms with Gasteiger partial charge in [0.05, 0.1) is 13.7 Å². The van der Waals surface area contributed by atoms with Gasteiger partial charge in [-0.05, 0) is 66.8 Å². The predicted octanol–water partition coefficient (Wildman–Crippen LogP) is 6.60. The third-order valence-corrected chi connectivity index (χ3v) is 7.60. The average molecular weight is 563 g/mol. The molecule has 1 atom stereocenters. The first-order chi connectivity index (χ1) is 19.5. The molecule has 3 aromatic carbocycles. The first-order valence-electron chi connectivity index (χ1n) is 14.2. The summed E-state index contributed by atoms with van der Waals surface area (Å²) >= 11 is 6.13. The van der Waals surface area contributed by atoms with Gasteiger partial charge in [-0.2, -0.15) is 0 Å². The number of hydrogen-bond donors (Lipinski definition) is 1. The van der Waals surface area contributed by atoms with Crippen LogP contribution in [-0.2, 0) is 22.6 Å². The number of benzene rings is 3. The second-order valence-electron chi connectivity index (χ2n) is 10.3. The highest BCUT2D eigenvalue weighted by molar-refractivity contribution is 6.30. The number of carbonyl (C=O) groups is 2. The third-order valence-electron chi connectivity index (χ3n) is 7.35. The molecule has 0 heterocycles. The standard InChI is InChI=1S/C33H39ClN2O4/c1-39-29-18-20-30(21-19-29)40-22-8-13-32(37)36(24-26-14-16-27(34)17-15-26)31(23-25-9-4-2-5-10-25)33(38)35-28-11-6-3-7-12-28/h2,4-5,9-10,14-21,28,31H,3,6-8,11-13,22-24H2,1H3,(H,35,38)/t31-/m1/s1. The number of amides is 2. The maximum atomic E-state index is 13.8. The molecule has 1 N–H and O–H groups in total. The largest absolute Gasteiger partial charge is 0.497 e. The maximum absolute atomic E-state index is 13.8. The van der Waals surface area contributed by atoms with E-state index in [1.807, 2.05) is 78.9 Å². The van der Waals surface area contributed by atoms with Crippen molar-refractivity contribution >= 4 is 23.4 Å². The smallest absolute Gasteiger partial charge is 0.243 e. The summed E-state index contributed by atoms with van der Waals surface area (Å²) in [5, 5.41) is 3.91. The normalized spacial score (nSPS) is 14.2. The van der Waals surface area contributed by atoms with Crippen molar-refractivity contribution < 1.29 is 19.1 Å². The Labute approximate surface area is 242 Å². The molecule has 1 aliphatic carbocycles. The molecular weight excluding hydrogens is 524 g/mol. The van der Waals surface area contributed by atoms with E-state index in [0.29, 0.717) is 31.0 Å². The van der Waals surface area contributed by atoms with Crippen LogP contribution >= 0.6 is 11.6 Å². The minimum atomic E-state index is -0.630. The fraction of sp³-hybridized carbons (Fsp3) is 0.394. The number of hydrogen-bond acceptors (Lipinski definition) is 4. The van der Waals surface area contributed by atoms with E-state index in [1.54, 1.807) is 12.0 Å². The molecule has 4 rings (SSSR count). The first kappa shape index (κ1) is 29.5.